The second-order valence-corrected chi connectivity index (χ2v) is 5.32. The van der Waals surface area contributed by atoms with Crippen LogP contribution in [0.4, 0.5) is 0 Å². The van der Waals surface area contributed by atoms with E-state index in [0.29, 0.717) is 0 Å². The van der Waals surface area contributed by atoms with E-state index in [0.717, 1.165) is 9.80 Å². The first-order valence-electron chi connectivity index (χ1n) is 6.72. The zero-order valence-corrected chi connectivity index (χ0v) is 13.1. The highest BCUT2D eigenvalue weighted by molar-refractivity contribution is 5.99. The number of nitrogens with zero attached hydrogens (tertiary/aromatic N) is 2. The van der Waals surface area contributed by atoms with Crippen LogP contribution in [0, 0.1) is 5.92 Å². The molecule has 0 aliphatic rings. The van der Waals surface area contributed by atoms with E-state index < -0.39 is 11.8 Å². The molecule has 20 heavy (non-hydrogen) atoms. The molecule has 0 aliphatic heterocycles. The van der Waals surface area contributed by atoms with Crippen molar-refractivity contribution in [1.82, 2.24) is 9.80 Å². The number of amides is 4. The first-order valence-corrected chi connectivity index (χ1v) is 6.72. The minimum absolute atomic E-state index is 0.0771. The molecule has 0 N–H and O–H groups in total. The minimum Gasteiger partial charge on any atom is -0.286 e. The van der Waals surface area contributed by atoms with Gasteiger partial charge in [0.25, 0.3) is 0 Å². The van der Waals surface area contributed by atoms with E-state index in [4.69, 9.17) is 0 Å². The Balaban J connectivity index is 4.55. The van der Waals surface area contributed by atoms with Crippen molar-refractivity contribution in [3.05, 3.63) is 0 Å². The average Bonchev–Trinajstić information content (AvgIpc) is 2.32. The van der Waals surface area contributed by atoms with Gasteiger partial charge < -0.3 is 0 Å². The molecule has 6 nitrogen and oxygen atoms in total. The molecule has 0 aliphatic carbocycles. The van der Waals surface area contributed by atoms with Gasteiger partial charge in [-0.15, -0.1) is 0 Å². The van der Waals surface area contributed by atoms with Gasteiger partial charge in [0.05, 0.1) is 0 Å². The van der Waals surface area contributed by atoms with Crippen molar-refractivity contribution in [3.8, 4) is 0 Å². The highest BCUT2D eigenvalue weighted by Gasteiger charge is 2.24. The van der Waals surface area contributed by atoms with Gasteiger partial charge in [-0.2, -0.15) is 0 Å². The van der Waals surface area contributed by atoms with Crippen LogP contribution >= 0.6 is 0 Å². The molecule has 0 unspecified atom stereocenters. The molecule has 0 aromatic carbocycles. The molecule has 0 saturated carbocycles. The van der Waals surface area contributed by atoms with E-state index in [1.165, 1.54) is 14.0 Å². The Labute approximate surface area is 120 Å². The highest BCUT2D eigenvalue weighted by atomic mass is 16.2. The number of imide groups is 2. The van der Waals surface area contributed by atoms with Crippen LogP contribution in [-0.2, 0) is 19.2 Å². The second-order valence-electron chi connectivity index (χ2n) is 5.32. The predicted octanol–water partition coefficient (Wildman–Crippen LogP) is 1.19. The first kappa shape index (κ1) is 18.3. The third kappa shape index (κ3) is 5.11. The summed E-state index contributed by atoms with van der Waals surface area (Å²) in [5, 5.41) is 0. The van der Waals surface area contributed by atoms with E-state index in [-0.39, 0.29) is 36.6 Å². The van der Waals surface area contributed by atoms with Crippen molar-refractivity contribution in [2.45, 2.75) is 53.5 Å². The van der Waals surface area contributed by atoms with Gasteiger partial charge in [0.1, 0.15) is 0 Å². The maximum absolute atomic E-state index is 11.9. The summed E-state index contributed by atoms with van der Waals surface area (Å²) in [6, 6.07) is -0.245. The van der Waals surface area contributed by atoms with Crippen molar-refractivity contribution < 1.29 is 19.2 Å². The van der Waals surface area contributed by atoms with Crippen molar-refractivity contribution in [1.29, 1.82) is 0 Å². The lowest BCUT2D eigenvalue weighted by atomic mass is 10.1. The number of rotatable bonds is 5. The normalized spacial score (nSPS) is 10.6. The fraction of sp³-hybridized carbons (Fsp3) is 0.714. The summed E-state index contributed by atoms with van der Waals surface area (Å²) < 4.78 is 0. The quantitative estimate of drug-likeness (QED) is 0.760. The van der Waals surface area contributed by atoms with Crippen molar-refractivity contribution in [3.63, 3.8) is 0 Å². The second kappa shape index (κ2) is 7.77. The smallest absolute Gasteiger partial charge is 0.231 e. The maximum Gasteiger partial charge on any atom is 0.231 e. The maximum atomic E-state index is 11.9. The summed E-state index contributed by atoms with van der Waals surface area (Å²) in [4.78, 5) is 48.9. The summed E-state index contributed by atoms with van der Waals surface area (Å²) >= 11 is 0. The third-order valence-electron chi connectivity index (χ3n) is 2.88. The zero-order chi connectivity index (χ0) is 16.0. The van der Waals surface area contributed by atoms with Crippen LogP contribution in [-0.4, -0.2) is 46.5 Å². The Bertz CT molecular complexity index is 402. The Morgan fingerprint density at radius 1 is 0.900 bits per heavy atom. The van der Waals surface area contributed by atoms with Crippen LogP contribution < -0.4 is 0 Å². The molecular formula is C14H24N2O4. The molecule has 4 amide bonds. The molecule has 0 saturated heterocycles. The van der Waals surface area contributed by atoms with Crippen LogP contribution in [0.3, 0.4) is 0 Å². The number of hydrogen-bond donors (Lipinski definition) is 0. The molecule has 0 fully saturated rings. The largest absolute Gasteiger partial charge is 0.286 e. The van der Waals surface area contributed by atoms with E-state index in [9.17, 15) is 19.2 Å². The molecular weight excluding hydrogens is 260 g/mol. The molecule has 0 bridgehead atoms. The lowest BCUT2D eigenvalue weighted by Crippen LogP contribution is -2.41. The fourth-order valence-electron chi connectivity index (χ4n) is 1.84. The van der Waals surface area contributed by atoms with Crippen LogP contribution in [0.2, 0.25) is 0 Å². The van der Waals surface area contributed by atoms with Gasteiger partial charge in [-0.05, 0) is 13.8 Å². The Morgan fingerprint density at radius 2 is 1.35 bits per heavy atom. The molecule has 0 heterocycles. The number of hydrogen-bond acceptors (Lipinski definition) is 4. The van der Waals surface area contributed by atoms with Gasteiger partial charge in [0.2, 0.25) is 23.6 Å². The van der Waals surface area contributed by atoms with Crippen LogP contribution in [0.1, 0.15) is 47.5 Å². The van der Waals surface area contributed by atoms with Gasteiger partial charge in [0, 0.05) is 38.8 Å². The summed E-state index contributed by atoms with van der Waals surface area (Å²) in [7, 11) is 1.40. The van der Waals surface area contributed by atoms with Gasteiger partial charge in [-0.25, -0.2) is 0 Å². The van der Waals surface area contributed by atoms with E-state index >= 15 is 0 Å². The summed E-state index contributed by atoms with van der Waals surface area (Å²) in [6.07, 6.45) is -0.156. The Kier molecular flexibility index (Phi) is 7.10. The first-order chi connectivity index (χ1) is 9.09. The Hall–Kier alpha value is -1.72. The summed E-state index contributed by atoms with van der Waals surface area (Å²) in [6.45, 7) is 8.18. The van der Waals surface area contributed by atoms with Crippen LogP contribution in [0.25, 0.3) is 0 Å². The zero-order valence-electron chi connectivity index (χ0n) is 13.1. The van der Waals surface area contributed by atoms with Gasteiger partial charge in [-0.1, -0.05) is 13.8 Å². The minimum atomic E-state index is -0.413. The van der Waals surface area contributed by atoms with Gasteiger partial charge in [-0.3, -0.25) is 29.0 Å². The highest BCUT2D eigenvalue weighted by Crippen LogP contribution is 2.07. The standard InChI is InChI=1S/C14H24N2O4/c1-9(2)14(20)15(6)12(18)7-8-13(19)16(10(3)4)11(5)17/h9-10H,7-8H2,1-6H3. The summed E-state index contributed by atoms with van der Waals surface area (Å²) in [5.74, 6) is -1.71. The Morgan fingerprint density at radius 3 is 1.70 bits per heavy atom. The fourth-order valence-corrected chi connectivity index (χ4v) is 1.84. The molecule has 0 aromatic rings. The molecule has 0 atom stereocenters. The topological polar surface area (TPSA) is 74.8 Å². The van der Waals surface area contributed by atoms with Gasteiger partial charge in [0.15, 0.2) is 0 Å². The molecule has 0 rings (SSSR count). The van der Waals surface area contributed by atoms with E-state index in [1.807, 2.05) is 0 Å². The van der Waals surface area contributed by atoms with Gasteiger partial charge >= 0.3 is 0 Å². The van der Waals surface area contributed by atoms with E-state index in [2.05, 4.69) is 0 Å². The molecule has 0 radical (unpaired) electrons. The van der Waals surface area contributed by atoms with Crippen LogP contribution in [0.15, 0.2) is 0 Å². The number of carbonyl (C=O) groups is 4. The summed E-state index contributed by atoms with van der Waals surface area (Å²) in [5.41, 5.74) is 0. The number of carbonyl (C=O) groups excluding carboxylic acids is 4. The predicted molar refractivity (Wildman–Crippen MR) is 74.5 cm³/mol. The van der Waals surface area contributed by atoms with Crippen molar-refractivity contribution in [2.24, 2.45) is 5.92 Å². The van der Waals surface area contributed by atoms with Crippen molar-refractivity contribution in [2.75, 3.05) is 7.05 Å². The monoisotopic (exact) mass is 284 g/mol. The molecule has 6 heteroatoms. The molecule has 114 valence electrons. The lowest BCUT2D eigenvalue weighted by molar-refractivity contribution is -0.150. The molecule has 0 spiro atoms. The van der Waals surface area contributed by atoms with E-state index in [1.54, 1.807) is 27.7 Å². The SMILES string of the molecule is CC(=O)N(C(=O)CCC(=O)N(C)C(=O)C(C)C)C(C)C. The third-order valence-corrected chi connectivity index (χ3v) is 2.88. The lowest BCUT2D eigenvalue weighted by Gasteiger charge is -2.23. The van der Waals surface area contributed by atoms with Crippen LogP contribution in [0.5, 0.6) is 0 Å². The average molecular weight is 284 g/mol. The molecule has 0 aromatic heterocycles. The van der Waals surface area contributed by atoms with Crippen molar-refractivity contribution >= 4 is 23.6 Å².